The molecule has 1 amide bonds. The second-order valence-corrected chi connectivity index (χ2v) is 6.08. The molecule has 1 heterocycles. The fourth-order valence-electron chi connectivity index (χ4n) is 2.17. The number of nitrogens with zero attached hydrogens (tertiary/aromatic N) is 1. The van der Waals surface area contributed by atoms with E-state index in [1.807, 2.05) is 30.0 Å². The summed E-state index contributed by atoms with van der Waals surface area (Å²) in [5, 5.41) is 0.706. The second kappa shape index (κ2) is 6.73. The van der Waals surface area contributed by atoms with Gasteiger partial charge in [0, 0.05) is 29.0 Å². The highest BCUT2D eigenvalue weighted by Gasteiger charge is 2.21. The minimum absolute atomic E-state index is 0.133. The van der Waals surface area contributed by atoms with Crippen molar-refractivity contribution in [2.75, 3.05) is 19.7 Å². The number of ether oxygens (including phenoxy) is 1. The molecule has 0 N–H and O–H groups in total. The number of hydrogen-bond donors (Lipinski definition) is 0. The number of carbonyl (C=O) groups is 1. The average molecular weight is 347 g/mol. The Kier molecular flexibility index (Phi) is 5.25. The van der Waals surface area contributed by atoms with Crippen molar-refractivity contribution < 1.29 is 9.53 Å². The van der Waals surface area contributed by atoms with Gasteiger partial charge >= 0.3 is 0 Å². The Balaban J connectivity index is 1.89. The molecule has 0 aromatic heterocycles. The molecule has 1 fully saturated rings. The Morgan fingerprint density at radius 2 is 2.37 bits per heavy atom. The summed E-state index contributed by atoms with van der Waals surface area (Å²) in [5.41, 5.74) is 1.01. The van der Waals surface area contributed by atoms with Crippen LogP contribution in [0.1, 0.15) is 18.9 Å². The van der Waals surface area contributed by atoms with E-state index in [-0.39, 0.29) is 12.0 Å². The largest absolute Gasteiger partial charge is 0.375 e. The number of hydrogen-bond acceptors (Lipinski definition) is 2. The molecule has 1 aromatic carbocycles. The smallest absolute Gasteiger partial charge is 0.223 e. The van der Waals surface area contributed by atoms with Crippen LogP contribution in [0.5, 0.6) is 0 Å². The average Bonchev–Trinajstić information content (AvgIpc) is 2.37. The number of benzene rings is 1. The summed E-state index contributed by atoms with van der Waals surface area (Å²) in [6.45, 7) is 4.00. The fourth-order valence-corrected chi connectivity index (χ4v) is 2.94. The lowest BCUT2D eigenvalue weighted by molar-refractivity contribution is -0.138. The minimum Gasteiger partial charge on any atom is -0.375 e. The number of amides is 1. The van der Waals surface area contributed by atoms with Crippen LogP contribution < -0.4 is 0 Å². The van der Waals surface area contributed by atoms with Gasteiger partial charge in [0.15, 0.2) is 0 Å². The van der Waals surface area contributed by atoms with E-state index in [2.05, 4.69) is 15.9 Å². The van der Waals surface area contributed by atoms with Crippen LogP contribution >= 0.6 is 27.5 Å². The van der Waals surface area contributed by atoms with E-state index in [0.29, 0.717) is 37.6 Å². The van der Waals surface area contributed by atoms with Gasteiger partial charge in [-0.2, -0.15) is 0 Å². The number of aryl methyl sites for hydroxylation is 1. The third-order valence-electron chi connectivity index (χ3n) is 3.22. The topological polar surface area (TPSA) is 29.5 Å². The first kappa shape index (κ1) is 14.8. The quantitative estimate of drug-likeness (QED) is 0.840. The maximum atomic E-state index is 12.1. The minimum atomic E-state index is 0.133. The molecule has 3 nitrogen and oxygen atoms in total. The fraction of sp³-hybridized carbons (Fsp3) is 0.500. The molecule has 0 radical (unpaired) electrons. The lowest BCUT2D eigenvalue weighted by atomic mass is 10.1. The van der Waals surface area contributed by atoms with E-state index in [4.69, 9.17) is 16.3 Å². The molecule has 1 unspecified atom stereocenters. The molecule has 1 aliphatic heterocycles. The molecule has 0 saturated carbocycles. The molecular formula is C14H17BrClNO2. The summed E-state index contributed by atoms with van der Waals surface area (Å²) in [7, 11) is 0. The Bertz CT molecular complexity index is 467. The Hall–Kier alpha value is -0.580. The predicted octanol–water partition coefficient (Wildman–Crippen LogP) is 3.28. The third kappa shape index (κ3) is 4.20. The molecular weight excluding hydrogens is 330 g/mol. The van der Waals surface area contributed by atoms with E-state index in [1.54, 1.807) is 0 Å². The molecule has 1 saturated heterocycles. The van der Waals surface area contributed by atoms with Crippen LogP contribution in [0.4, 0.5) is 0 Å². The van der Waals surface area contributed by atoms with Gasteiger partial charge in [-0.1, -0.05) is 33.6 Å². The molecule has 0 spiro atoms. The maximum Gasteiger partial charge on any atom is 0.223 e. The lowest BCUT2D eigenvalue weighted by Gasteiger charge is -2.31. The second-order valence-electron chi connectivity index (χ2n) is 4.76. The first-order valence-corrected chi connectivity index (χ1v) is 7.56. The van der Waals surface area contributed by atoms with Crippen LogP contribution in [0.15, 0.2) is 22.7 Å². The maximum absolute atomic E-state index is 12.1. The summed E-state index contributed by atoms with van der Waals surface area (Å²) in [5.74, 6) is 0.175. The van der Waals surface area contributed by atoms with Crippen LogP contribution in [0.3, 0.4) is 0 Å². The molecule has 1 atom stereocenters. The van der Waals surface area contributed by atoms with Crippen LogP contribution in [0.25, 0.3) is 0 Å². The van der Waals surface area contributed by atoms with Crippen molar-refractivity contribution >= 4 is 33.4 Å². The van der Waals surface area contributed by atoms with Gasteiger partial charge in [0.1, 0.15) is 0 Å². The Labute approximate surface area is 127 Å². The van der Waals surface area contributed by atoms with Crippen molar-refractivity contribution in [2.24, 2.45) is 0 Å². The van der Waals surface area contributed by atoms with E-state index in [1.165, 1.54) is 0 Å². The molecule has 1 aromatic rings. The summed E-state index contributed by atoms with van der Waals surface area (Å²) < 4.78 is 6.39. The van der Waals surface area contributed by atoms with Crippen molar-refractivity contribution in [3.05, 3.63) is 33.3 Å². The Morgan fingerprint density at radius 1 is 1.58 bits per heavy atom. The van der Waals surface area contributed by atoms with Crippen LogP contribution in [0.2, 0.25) is 5.02 Å². The van der Waals surface area contributed by atoms with Crippen molar-refractivity contribution in [3.63, 3.8) is 0 Å². The zero-order valence-corrected chi connectivity index (χ0v) is 13.2. The van der Waals surface area contributed by atoms with Gasteiger partial charge in [-0.25, -0.2) is 0 Å². The van der Waals surface area contributed by atoms with Gasteiger partial charge in [0.25, 0.3) is 0 Å². The highest BCUT2D eigenvalue weighted by molar-refractivity contribution is 9.10. The summed E-state index contributed by atoms with van der Waals surface area (Å²) >= 11 is 9.52. The molecule has 104 valence electrons. The van der Waals surface area contributed by atoms with Crippen molar-refractivity contribution in [1.29, 1.82) is 0 Å². The van der Waals surface area contributed by atoms with Gasteiger partial charge < -0.3 is 9.64 Å². The third-order valence-corrected chi connectivity index (χ3v) is 4.06. The molecule has 2 rings (SSSR count). The van der Waals surface area contributed by atoms with E-state index >= 15 is 0 Å². The van der Waals surface area contributed by atoms with Crippen molar-refractivity contribution in [3.8, 4) is 0 Å². The Morgan fingerprint density at radius 3 is 3.05 bits per heavy atom. The van der Waals surface area contributed by atoms with E-state index in [0.717, 1.165) is 10.0 Å². The highest BCUT2D eigenvalue weighted by Crippen LogP contribution is 2.22. The van der Waals surface area contributed by atoms with Crippen molar-refractivity contribution in [2.45, 2.75) is 25.9 Å². The van der Waals surface area contributed by atoms with E-state index in [9.17, 15) is 4.79 Å². The predicted molar refractivity (Wildman–Crippen MR) is 79.5 cm³/mol. The molecule has 0 bridgehead atoms. The molecule has 0 aliphatic carbocycles. The van der Waals surface area contributed by atoms with Gasteiger partial charge in [0.05, 0.1) is 12.7 Å². The van der Waals surface area contributed by atoms with Gasteiger partial charge in [-0.15, -0.1) is 0 Å². The van der Waals surface area contributed by atoms with Gasteiger partial charge in [-0.05, 0) is 31.0 Å². The first-order chi connectivity index (χ1) is 9.06. The zero-order chi connectivity index (χ0) is 13.8. The molecule has 1 aliphatic rings. The monoisotopic (exact) mass is 345 g/mol. The number of morpholine rings is 1. The van der Waals surface area contributed by atoms with E-state index < -0.39 is 0 Å². The molecule has 5 heteroatoms. The highest BCUT2D eigenvalue weighted by atomic mass is 79.9. The summed E-state index contributed by atoms with van der Waals surface area (Å²) in [4.78, 5) is 14.0. The first-order valence-electron chi connectivity index (χ1n) is 6.39. The van der Waals surface area contributed by atoms with Gasteiger partial charge in [0.2, 0.25) is 5.91 Å². The van der Waals surface area contributed by atoms with Crippen LogP contribution in [0, 0.1) is 0 Å². The SMILES string of the molecule is CC1CN(C(=O)CCc2ccc(Br)cc2Cl)CCO1. The summed E-state index contributed by atoms with van der Waals surface area (Å²) in [6, 6.07) is 5.77. The normalized spacial score (nSPS) is 19.5. The van der Waals surface area contributed by atoms with Crippen molar-refractivity contribution in [1.82, 2.24) is 4.90 Å². The lowest BCUT2D eigenvalue weighted by Crippen LogP contribution is -2.44. The zero-order valence-electron chi connectivity index (χ0n) is 10.9. The van der Waals surface area contributed by atoms with Crippen LogP contribution in [-0.2, 0) is 16.0 Å². The molecule has 19 heavy (non-hydrogen) atoms. The standard InChI is InChI=1S/C14H17BrClNO2/c1-10-9-17(6-7-19-10)14(18)5-3-11-2-4-12(15)8-13(11)16/h2,4,8,10H,3,5-7,9H2,1H3. The van der Waals surface area contributed by atoms with Gasteiger partial charge in [-0.3, -0.25) is 4.79 Å². The number of halogens is 2. The van der Waals surface area contributed by atoms with Crippen LogP contribution in [-0.4, -0.2) is 36.6 Å². The number of carbonyl (C=O) groups excluding carboxylic acids is 1. The summed E-state index contributed by atoms with van der Waals surface area (Å²) in [6.07, 6.45) is 1.30. The number of rotatable bonds is 3.